The van der Waals surface area contributed by atoms with Crippen molar-refractivity contribution in [3.63, 3.8) is 0 Å². The summed E-state index contributed by atoms with van der Waals surface area (Å²) < 4.78 is 0. The predicted octanol–water partition coefficient (Wildman–Crippen LogP) is 2.49. The SMILES string of the molecule is CC1=CCC=C(Cl)N=C1. The lowest BCUT2D eigenvalue weighted by atomic mass is 10.3. The molecule has 0 amide bonds. The van der Waals surface area contributed by atoms with Gasteiger partial charge in [-0.1, -0.05) is 17.7 Å². The largest absolute Gasteiger partial charge is 0.245 e. The quantitative estimate of drug-likeness (QED) is 0.460. The van der Waals surface area contributed by atoms with Gasteiger partial charge >= 0.3 is 0 Å². The molecule has 2 heteroatoms. The van der Waals surface area contributed by atoms with Gasteiger partial charge < -0.3 is 0 Å². The zero-order valence-corrected chi connectivity index (χ0v) is 6.02. The molecule has 0 atom stereocenters. The molecule has 48 valence electrons. The van der Waals surface area contributed by atoms with E-state index in [9.17, 15) is 0 Å². The maximum Gasteiger partial charge on any atom is 0.125 e. The molecule has 0 aromatic heterocycles. The molecular formula is C7H8ClN. The van der Waals surface area contributed by atoms with Crippen molar-refractivity contribution in [2.75, 3.05) is 0 Å². The highest BCUT2D eigenvalue weighted by molar-refractivity contribution is 6.29. The summed E-state index contributed by atoms with van der Waals surface area (Å²) in [6.07, 6.45) is 6.63. The fraction of sp³-hybridized carbons (Fsp3) is 0.286. The summed E-state index contributed by atoms with van der Waals surface area (Å²) in [5.41, 5.74) is 1.17. The van der Waals surface area contributed by atoms with E-state index in [1.54, 1.807) is 6.21 Å². The van der Waals surface area contributed by atoms with Crippen molar-refractivity contribution in [1.29, 1.82) is 0 Å². The van der Waals surface area contributed by atoms with Crippen LogP contribution in [0.1, 0.15) is 13.3 Å². The lowest BCUT2D eigenvalue weighted by Crippen LogP contribution is -1.72. The third-order valence-corrected chi connectivity index (χ3v) is 1.37. The van der Waals surface area contributed by atoms with Crippen LogP contribution in [0.4, 0.5) is 0 Å². The van der Waals surface area contributed by atoms with Gasteiger partial charge in [-0.25, -0.2) is 4.99 Å². The van der Waals surface area contributed by atoms with Crippen molar-refractivity contribution in [1.82, 2.24) is 0 Å². The van der Waals surface area contributed by atoms with Crippen LogP contribution in [0.5, 0.6) is 0 Å². The van der Waals surface area contributed by atoms with Gasteiger partial charge in [0.2, 0.25) is 0 Å². The summed E-state index contributed by atoms with van der Waals surface area (Å²) in [5, 5.41) is 0.586. The number of allylic oxidation sites excluding steroid dienone is 3. The van der Waals surface area contributed by atoms with Gasteiger partial charge in [-0.3, -0.25) is 0 Å². The Hall–Kier alpha value is -0.560. The third kappa shape index (κ3) is 2.02. The predicted molar refractivity (Wildman–Crippen MR) is 40.8 cm³/mol. The van der Waals surface area contributed by atoms with Gasteiger partial charge in [0.1, 0.15) is 5.16 Å². The molecule has 0 radical (unpaired) electrons. The van der Waals surface area contributed by atoms with Gasteiger partial charge in [-0.2, -0.15) is 0 Å². The van der Waals surface area contributed by atoms with E-state index in [0.29, 0.717) is 5.16 Å². The zero-order chi connectivity index (χ0) is 6.69. The van der Waals surface area contributed by atoms with Gasteiger partial charge in [0.15, 0.2) is 0 Å². The number of halogens is 1. The maximum absolute atomic E-state index is 5.62. The van der Waals surface area contributed by atoms with E-state index in [1.807, 2.05) is 13.0 Å². The van der Waals surface area contributed by atoms with E-state index in [2.05, 4.69) is 11.1 Å². The number of aliphatic imine (C=N–C) groups is 1. The summed E-state index contributed by atoms with van der Waals surface area (Å²) in [7, 11) is 0. The van der Waals surface area contributed by atoms with Crippen molar-refractivity contribution in [3.8, 4) is 0 Å². The minimum absolute atomic E-state index is 0.586. The molecule has 9 heavy (non-hydrogen) atoms. The summed E-state index contributed by atoms with van der Waals surface area (Å²) in [5.74, 6) is 0. The molecule has 1 aliphatic rings. The Balaban J connectivity index is 2.75. The zero-order valence-electron chi connectivity index (χ0n) is 5.26. The van der Waals surface area contributed by atoms with Crippen LogP contribution in [0, 0.1) is 0 Å². The Labute approximate surface area is 59.7 Å². The van der Waals surface area contributed by atoms with E-state index in [-0.39, 0.29) is 0 Å². The summed E-state index contributed by atoms with van der Waals surface area (Å²) >= 11 is 5.62. The van der Waals surface area contributed by atoms with Gasteiger partial charge in [-0.05, 0) is 25.0 Å². The normalized spacial score (nSPS) is 18.4. The lowest BCUT2D eigenvalue weighted by molar-refractivity contribution is 1.35. The average Bonchev–Trinajstić information content (AvgIpc) is 1.97. The summed E-state index contributed by atoms with van der Waals surface area (Å²) in [6, 6.07) is 0. The molecule has 1 nitrogen and oxygen atoms in total. The smallest absolute Gasteiger partial charge is 0.125 e. The standard InChI is InChI=1S/C7H8ClN/c1-6-3-2-4-7(8)9-5-6/h3-5H,2H2,1H3. The first-order valence-corrected chi connectivity index (χ1v) is 3.23. The fourth-order valence-corrected chi connectivity index (χ4v) is 0.749. The van der Waals surface area contributed by atoms with Gasteiger partial charge in [0.25, 0.3) is 0 Å². The Morgan fingerprint density at radius 1 is 1.56 bits per heavy atom. The second kappa shape index (κ2) is 2.83. The topological polar surface area (TPSA) is 12.4 Å². The molecule has 0 saturated heterocycles. The Bertz CT molecular complexity index is 169. The summed E-state index contributed by atoms with van der Waals surface area (Å²) in [4.78, 5) is 3.94. The van der Waals surface area contributed by atoms with E-state index in [0.717, 1.165) is 6.42 Å². The molecule has 0 aromatic carbocycles. The van der Waals surface area contributed by atoms with Crippen LogP contribution in [0.2, 0.25) is 0 Å². The van der Waals surface area contributed by atoms with E-state index in [1.165, 1.54) is 5.57 Å². The molecule has 0 unspecified atom stereocenters. The second-order valence-corrected chi connectivity index (χ2v) is 2.36. The van der Waals surface area contributed by atoms with Crippen LogP contribution in [-0.4, -0.2) is 6.21 Å². The monoisotopic (exact) mass is 141 g/mol. The number of hydrogen-bond donors (Lipinski definition) is 0. The van der Waals surface area contributed by atoms with E-state index < -0.39 is 0 Å². The average molecular weight is 142 g/mol. The molecule has 1 rings (SSSR count). The van der Waals surface area contributed by atoms with Crippen molar-refractivity contribution < 1.29 is 0 Å². The molecule has 1 heterocycles. The molecule has 0 saturated carbocycles. The Morgan fingerprint density at radius 2 is 2.33 bits per heavy atom. The van der Waals surface area contributed by atoms with Crippen LogP contribution in [0.25, 0.3) is 0 Å². The summed E-state index contributed by atoms with van der Waals surface area (Å²) in [6.45, 7) is 2.01. The van der Waals surface area contributed by atoms with Crippen LogP contribution < -0.4 is 0 Å². The number of rotatable bonds is 0. The van der Waals surface area contributed by atoms with Crippen molar-refractivity contribution in [3.05, 3.63) is 22.9 Å². The maximum atomic E-state index is 5.62. The molecule has 0 aromatic rings. The van der Waals surface area contributed by atoms with Crippen LogP contribution in [0.15, 0.2) is 27.9 Å². The molecule has 1 aliphatic heterocycles. The first kappa shape index (κ1) is 6.56. The van der Waals surface area contributed by atoms with E-state index >= 15 is 0 Å². The van der Waals surface area contributed by atoms with Gasteiger partial charge in [-0.15, -0.1) is 0 Å². The second-order valence-electron chi connectivity index (χ2n) is 1.97. The first-order chi connectivity index (χ1) is 4.29. The van der Waals surface area contributed by atoms with Crippen molar-refractivity contribution >= 4 is 17.8 Å². The molecule has 0 bridgehead atoms. The van der Waals surface area contributed by atoms with Crippen LogP contribution >= 0.6 is 11.6 Å². The first-order valence-electron chi connectivity index (χ1n) is 2.85. The molecular weight excluding hydrogens is 134 g/mol. The highest BCUT2D eigenvalue weighted by atomic mass is 35.5. The van der Waals surface area contributed by atoms with Gasteiger partial charge in [0, 0.05) is 6.21 Å². The molecule has 0 spiro atoms. The van der Waals surface area contributed by atoms with Gasteiger partial charge in [0.05, 0.1) is 0 Å². The number of hydrogen-bond acceptors (Lipinski definition) is 1. The van der Waals surface area contributed by atoms with Crippen molar-refractivity contribution in [2.45, 2.75) is 13.3 Å². The molecule has 0 aliphatic carbocycles. The highest BCUT2D eigenvalue weighted by Gasteiger charge is 1.90. The lowest BCUT2D eigenvalue weighted by Gasteiger charge is -1.82. The molecule has 0 fully saturated rings. The number of nitrogens with zero attached hydrogens (tertiary/aromatic N) is 1. The highest BCUT2D eigenvalue weighted by Crippen LogP contribution is 2.09. The molecule has 0 N–H and O–H groups in total. The Morgan fingerprint density at radius 3 is 3.11 bits per heavy atom. The van der Waals surface area contributed by atoms with Crippen LogP contribution in [-0.2, 0) is 0 Å². The minimum atomic E-state index is 0.586. The van der Waals surface area contributed by atoms with Crippen molar-refractivity contribution in [2.24, 2.45) is 4.99 Å². The van der Waals surface area contributed by atoms with Crippen LogP contribution in [0.3, 0.4) is 0 Å². The third-order valence-electron chi connectivity index (χ3n) is 1.12. The minimum Gasteiger partial charge on any atom is -0.245 e. The van der Waals surface area contributed by atoms with E-state index in [4.69, 9.17) is 11.6 Å². The fourth-order valence-electron chi connectivity index (χ4n) is 0.611. The Kier molecular flexibility index (Phi) is 2.06.